The molecule has 0 saturated heterocycles. The summed E-state index contributed by atoms with van der Waals surface area (Å²) < 4.78 is 56.4. The summed E-state index contributed by atoms with van der Waals surface area (Å²) in [6.45, 7) is 1.75. The van der Waals surface area contributed by atoms with E-state index in [1.54, 1.807) is 13.1 Å². The highest BCUT2D eigenvalue weighted by molar-refractivity contribution is 9.10. The van der Waals surface area contributed by atoms with Crippen LogP contribution < -0.4 is 11.1 Å². The zero-order chi connectivity index (χ0) is 25.5. The van der Waals surface area contributed by atoms with Gasteiger partial charge in [-0.25, -0.2) is 9.37 Å². The molecule has 0 bridgehead atoms. The Labute approximate surface area is 208 Å². The normalized spacial score (nSPS) is 12.6. The highest BCUT2D eigenvalue weighted by Crippen LogP contribution is 2.44. The van der Waals surface area contributed by atoms with Gasteiger partial charge >= 0.3 is 6.18 Å². The molecule has 3 aromatic heterocycles. The van der Waals surface area contributed by atoms with E-state index in [0.717, 1.165) is 18.2 Å². The average molecular weight is 570 g/mol. The first-order valence-corrected chi connectivity index (χ1v) is 11.7. The molecule has 3 heterocycles. The first-order chi connectivity index (χ1) is 16.5. The lowest BCUT2D eigenvalue weighted by atomic mass is 10.0. The third-order valence-corrected chi connectivity index (χ3v) is 6.67. The minimum Gasteiger partial charge on any atom is -0.365 e. The number of aromatic nitrogens is 3. The molecule has 35 heavy (non-hydrogen) atoms. The number of nitrogens with zero attached hydrogens (tertiary/aromatic N) is 3. The van der Waals surface area contributed by atoms with Crippen molar-refractivity contribution in [3.8, 4) is 11.1 Å². The summed E-state index contributed by atoms with van der Waals surface area (Å²) in [4.78, 5) is 28.8. The molecule has 1 atom stereocenters. The second-order valence-corrected chi connectivity index (χ2v) is 9.38. The van der Waals surface area contributed by atoms with Crippen molar-refractivity contribution in [1.82, 2.24) is 14.8 Å². The fourth-order valence-electron chi connectivity index (χ4n) is 3.58. The molecular formula is C22H16BrF4N5O2S. The van der Waals surface area contributed by atoms with Gasteiger partial charge < -0.3 is 11.1 Å². The number of thiophene rings is 1. The van der Waals surface area contributed by atoms with Gasteiger partial charge in [-0.3, -0.25) is 14.3 Å². The van der Waals surface area contributed by atoms with E-state index in [1.165, 1.54) is 23.0 Å². The van der Waals surface area contributed by atoms with Crippen LogP contribution in [0.2, 0.25) is 0 Å². The number of hydrogen-bond donors (Lipinski definition) is 2. The quantitative estimate of drug-likeness (QED) is 0.288. The first-order valence-electron chi connectivity index (χ1n) is 10.1. The van der Waals surface area contributed by atoms with E-state index < -0.39 is 35.5 Å². The first kappa shape index (κ1) is 24.8. The minimum absolute atomic E-state index is 0.0104. The molecule has 1 unspecified atom stereocenters. The molecule has 1 aromatic carbocycles. The van der Waals surface area contributed by atoms with Crippen molar-refractivity contribution in [2.24, 2.45) is 5.73 Å². The number of primary amides is 1. The summed E-state index contributed by atoms with van der Waals surface area (Å²) in [6.07, 6.45) is -1.37. The fraction of sp³-hybridized carbons (Fsp3) is 0.182. The highest BCUT2D eigenvalue weighted by atomic mass is 79.9. The minimum atomic E-state index is -4.79. The number of amides is 2. The standard InChI is InChI=1S/C22H16BrF4N5O2S/c1-2-14(32-9-11(23)8-29-32)20(34)31-17-16-13(10-3-5-12(24)6-4-10)7-15(22(25,26)27)30-21(16)35-18(17)19(28)33/h3-9,14H,2H2,1H3,(H2,28,33)(H,31,34). The van der Waals surface area contributed by atoms with Gasteiger partial charge in [0.15, 0.2) is 0 Å². The molecule has 2 amide bonds. The predicted molar refractivity (Wildman–Crippen MR) is 126 cm³/mol. The number of carbonyl (C=O) groups is 2. The number of nitrogens with two attached hydrogens (primary N) is 1. The lowest BCUT2D eigenvalue weighted by Crippen LogP contribution is -2.27. The molecule has 7 nitrogen and oxygen atoms in total. The van der Waals surface area contributed by atoms with Gasteiger partial charge in [0.2, 0.25) is 5.91 Å². The van der Waals surface area contributed by atoms with Gasteiger partial charge in [-0.1, -0.05) is 19.1 Å². The Morgan fingerprint density at radius 3 is 2.49 bits per heavy atom. The highest BCUT2D eigenvalue weighted by Gasteiger charge is 2.35. The molecule has 182 valence electrons. The fourth-order valence-corrected chi connectivity index (χ4v) is 4.89. The maximum atomic E-state index is 13.6. The molecule has 0 spiro atoms. The van der Waals surface area contributed by atoms with Crippen LogP contribution in [0.1, 0.15) is 34.8 Å². The van der Waals surface area contributed by atoms with E-state index in [-0.39, 0.29) is 31.9 Å². The van der Waals surface area contributed by atoms with Gasteiger partial charge in [0, 0.05) is 11.6 Å². The van der Waals surface area contributed by atoms with E-state index in [1.807, 2.05) is 0 Å². The van der Waals surface area contributed by atoms with Crippen LogP contribution in [0.5, 0.6) is 0 Å². The van der Waals surface area contributed by atoms with Crippen LogP contribution in [0, 0.1) is 5.82 Å². The summed E-state index contributed by atoms with van der Waals surface area (Å²) in [6, 6.07) is 4.80. The lowest BCUT2D eigenvalue weighted by molar-refractivity contribution is -0.140. The van der Waals surface area contributed by atoms with Crippen LogP contribution in [0.15, 0.2) is 47.2 Å². The number of pyridine rings is 1. The maximum Gasteiger partial charge on any atom is 0.433 e. The molecule has 0 fully saturated rings. The third-order valence-electron chi connectivity index (χ3n) is 5.16. The van der Waals surface area contributed by atoms with Crippen LogP contribution in [-0.4, -0.2) is 26.6 Å². The molecule has 0 saturated carbocycles. The van der Waals surface area contributed by atoms with Gasteiger partial charge in [-0.15, -0.1) is 11.3 Å². The molecule has 4 rings (SSSR count). The van der Waals surface area contributed by atoms with Crippen molar-refractivity contribution in [2.75, 3.05) is 5.32 Å². The van der Waals surface area contributed by atoms with Gasteiger partial charge in [-0.2, -0.15) is 18.3 Å². The number of halogens is 5. The van der Waals surface area contributed by atoms with E-state index in [0.29, 0.717) is 22.2 Å². The second kappa shape index (κ2) is 9.38. The van der Waals surface area contributed by atoms with Crippen LogP contribution in [0.4, 0.5) is 23.2 Å². The molecule has 0 aliphatic rings. The Bertz CT molecular complexity index is 1430. The Kier molecular flexibility index (Phi) is 6.64. The number of hydrogen-bond acceptors (Lipinski definition) is 5. The van der Waals surface area contributed by atoms with Crippen LogP contribution in [-0.2, 0) is 11.0 Å². The number of benzene rings is 1. The molecule has 0 radical (unpaired) electrons. The van der Waals surface area contributed by atoms with Crippen molar-refractivity contribution in [1.29, 1.82) is 0 Å². The van der Waals surface area contributed by atoms with Crippen molar-refractivity contribution in [3.63, 3.8) is 0 Å². The molecule has 13 heteroatoms. The molecule has 0 aliphatic carbocycles. The molecular weight excluding hydrogens is 554 g/mol. The smallest absolute Gasteiger partial charge is 0.365 e. The number of nitrogens with one attached hydrogen (secondary N) is 1. The third kappa shape index (κ3) is 4.91. The number of carbonyl (C=O) groups excluding carboxylic acids is 2. The van der Waals surface area contributed by atoms with Gasteiger partial charge in [0.1, 0.15) is 27.3 Å². The summed E-state index contributed by atoms with van der Waals surface area (Å²) >= 11 is 3.90. The summed E-state index contributed by atoms with van der Waals surface area (Å²) in [5.74, 6) is -2.09. The molecule has 4 aromatic rings. The Morgan fingerprint density at radius 2 is 1.94 bits per heavy atom. The van der Waals surface area contributed by atoms with E-state index in [9.17, 15) is 27.2 Å². The summed E-state index contributed by atoms with van der Waals surface area (Å²) in [7, 11) is 0. The van der Waals surface area contributed by atoms with Crippen LogP contribution >= 0.6 is 27.3 Å². The van der Waals surface area contributed by atoms with Gasteiger partial charge in [0.25, 0.3) is 5.91 Å². The molecule has 0 aliphatic heterocycles. The van der Waals surface area contributed by atoms with E-state index in [2.05, 4.69) is 31.3 Å². The number of fused-ring (bicyclic) bond motifs is 1. The Morgan fingerprint density at radius 1 is 1.26 bits per heavy atom. The topological polar surface area (TPSA) is 103 Å². The maximum absolute atomic E-state index is 13.6. The Hall–Kier alpha value is -3.32. The van der Waals surface area contributed by atoms with Crippen LogP contribution in [0.3, 0.4) is 0 Å². The summed E-state index contributed by atoms with van der Waals surface area (Å²) in [5, 5.41) is 6.86. The van der Waals surface area contributed by atoms with Crippen molar-refractivity contribution < 1.29 is 27.2 Å². The monoisotopic (exact) mass is 569 g/mol. The molecule has 3 N–H and O–H groups in total. The second-order valence-electron chi connectivity index (χ2n) is 7.46. The average Bonchev–Trinajstić information content (AvgIpc) is 3.37. The zero-order valence-corrected chi connectivity index (χ0v) is 20.3. The number of rotatable bonds is 6. The van der Waals surface area contributed by atoms with E-state index >= 15 is 0 Å². The van der Waals surface area contributed by atoms with Crippen molar-refractivity contribution in [2.45, 2.75) is 25.6 Å². The Balaban J connectivity index is 1.93. The number of anilines is 1. The van der Waals surface area contributed by atoms with Crippen molar-refractivity contribution >= 4 is 55.0 Å². The van der Waals surface area contributed by atoms with Gasteiger partial charge in [0.05, 0.1) is 16.4 Å². The predicted octanol–water partition coefficient (Wildman–Crippen LogP) is 5.77. The lowest BCUT2D eigenvalue weighted by Gasteiger charge is -2.17. The van der Waals surface area contributed by atoms with Gasteiger partial charge in [-0.05, 0) is 51.7 Å². The largest absolute Gasteiger partial charge is 0.433 e. The summed E-state index contributed by atoms with van der Waals surface area (Å²) in [5.41, 5.74) is 4.49. The van der Waals surface area contributed by atoms with Crippen LogP contribution in [0.25, 0.3) is 21.3 Å². The van der Waals surface area contributed by atoms with Crippen molar-refractivity contribution in [3.05, 3.63) is 63.6 Å². The zero-order valence-electron chi connectivity index (χ0n) is 17.9. The SMILES string of the molecule is CCC(C(=O)Nc1c(C(N)=O)sc2nc(C(F)(F)F)cc(-c3ccc(F)cc3)c12)n1cc(Br)cn1. The van der Waals surface area contributed by atoms with E-state index in [4.69, 9.17) is 5.73 Å². The number of alkyl halides is 3.